The number of amides is 2. The van der Waals surface area contributed by atoms with Crippen LogP contribution in [0.2, 0.25) is 0 Å². The van der Waals surface area contributed by atoms with Gasteiger partial charge in [-0.3, -0.25) is 14.3 Å². The molecule has 1 aromatic heterocycles. The summed E-state index contributed by atoms with van der Waals surface area (Å²) in [6, 6.07) is 1.75. The first kappa shape index (κ1) is 19.9. The van der Waals surface area contributed by atoms with E-state index in [1.807, 2.05) is 31.5 Å². The number of hydrogen-bond donors (Lipinski definition) is 1. The molecule has 3 rings (SSSR count). The number of nitrogens with one attached hydrogen (secondary N) is 1. The van der Waals surface area contributed by atoms with Crippen molar-refractivity contribution in [2.75, 3.05) is 24.6 Å². The Balaban J connectivity index is 1.48. The van der Waals surface area contributed by atoms with E-state index in [1.54, 1.807) is 4.90 Å². The zero-order chi connectivity index (χ0) is 19.8. The number of aromatic nitrogens is 2. The minimum Gasteiger partial charge on any atom is -0.355 e. The predicted molar refractivity (Wildman–Crippen MR) is 101 cm³/mol. The molecular weight excluding hydrogens is 368 g/mol. The summed E-state index contributed by atoms with van der Waals surface area (Å²) >= 11 is 0. The quantitative estimate of drug-likeness (QED) is 0.745. The minimum atomic E-state index is -3.05. The molecule has 3 atom stereocenters. The molecule has 1 aromatic rings. The van der Waals surface area contributed by atoms with Gasteiger partial charge in [-0.15, -0.1) is 0 Å². The Morgan fingerprint density at radius 3 is 2.74 bits per heavy atom. The summed E-state index contributed by atoms with van der Waals surface area (Å²) in [7, 11) is -3.05. The molecule has 2 amide bonds. The van der Waals surface area contributed by atoms with Crippen LogP contribution in [0.1, 0.15) is 31.2 Å². The molecule has 1 N–H and O–H groups in total. The first-order valence-electron chi connectivity index (χ1n) is 9.43. The number of carbonyl (C=O) groups excluding carboxylic acids is 2. The fraction of sp³-hybridized carbons (Fsp3) is 0.722. The Bertz CT molecular complexity index is 832. The summed E-state index contributed by atoms with van der Waals surface area (Å²) in [5, 5.41) is 7.38. The Hall–Kier alpha value is -1.90. The number of rotatable bonds is 6. The van der Waals surface area contributed by atoms with E-state index in [4.69, 9.17) is 0 Å². The van der Waals surface area contributed by atoms with Crippen molar-refractivity contribution in [1.29, 1.82) is 0 Å². The third kappa shape index (κ3) is 4.69. The highest BCUT2D eigenvalue weighted by Crippen LogP contribution is 2.26. The smallest absolute Gasteiger partial charge is 0.225 e. The molecule has 150 valence electrons. The van der Waals surface area contributed by atoms with Gasteiger partial charge in [0.05, 0.1) is 23.1 Å². The third-order valence-electron chi connectivity index (χ3n) is 5.39. The van der Waals surface area contributed by atoms with Crippen molar-refractivity contribution in [1.82, 2.24) is 20.0 Å². The standard InChI is InChI=1S/C18H28N4O4S/c1-12(9-22-14(3)6-13(2)20-22)8-19-18(24)15-7-17(23)21(10-15)16-4-5-27(25,26)11-16/h6,12,15-16H,4-5,7-11H2,1-3H3,(H,19,24)/t12-,15+,16-/m1/s1. The first-order valence-corrected chi connectivity index (χ1v) is 11.3. The molecule has 0 spiro atoms. The van der Waals surface area contributed by atoms with Crippen LogP contribution in [0.25, 0.3) is 0 Å². The number of nitrogens with zero attached hydrogens (tertiary/aromatic N) is 3. The third-order valence-corrected chi connectivity index (χ3v) is 7.14. The molecule has 9 heteroatoms. The van der Waals surface area contributed by atoms with Crippen LogP contribution in [0, 0.1) is 25.7 Å². The lowest BCUT2D eigenvalue weighted by Gasteiger charge is -2.23. The molecule has 27 heavy (non-hydrogen) atoms. The average molecular weight is 397 g/mol. The summed E-state index contributed by atoms with van der Waals surface area (Å²) in [5.41, 5.74) is 2.07. The van der Waals surface area contributed by atoms with Gasteiger partial charge >= 0.3 is 0 Å². The van der Waals surface area contributed by atoms with Gasteiger partial charge in [-0.25, -0.2) is 8.42 Å². The van der Waals surface area contributed by atoms with Gasteiger partial charge in [0, 0.05) is 37.8 Å². The number of sulfone groups is 1. The van der Waals surface area contributed by atoms with Crippen LogP contribution in [0.15, 0.2) is 6.07 Å². The fourth-order valence-corrected chi connectivity index (χ4v) is 5.65. The topological polar surface area (TPSA) is 101 Å². The zero-order valence-corrected chi connectivity index (χ0v) is 17.0. The number of carbonyl (C=O) groups is 2. The van der Waals surface area contributed by atoms with E-state index in [0.717, 1.165) is 17.9 Å². The van der Waals surface area contributed by atoms with E-state index in [9.17, 15) is 18.0 Å². The van der Waals surface area contributed by atoms with Crippen molar-refractivity contribution in [2.45, 2.75) is 46.2 Å². The molecule has 8 nitrogen and oxygen atoms in total. The maximum atomic E-state index is 12.5. The lowest BCUT2D eigenvalue weighted by Crippen LogP contribution is -2.39. The van der Waals surface area contributed by atoms with E-state index in [2.05, 4.69) is 10.4 Å². The predicted octanol–water partition coefficient (Wildman–Crippen LogP) is 0.288. The second-order valence-corrected chi connectivity index (χ2v) is 10.2. The Labute approximate surface area is 160 Å². The van der Waals surface area contributed by atoms with Crippen LogP contribution in [-0.2, 0) is 26.0 Å². The average Bonchev–Trinajstić information content (AvgIpc) is 3.22. The highest BCUT2D eigenvalue weighted by atomic mass is 32.2. The van der Waals surface area contributed by atoms with Crippen LogP contribution < -0.4 is 5.32 Å². The van der Waals surface area contributed by atoms with E-state index >= 15 is 0 Å². The number of aryl methyl sites for hydroxylation is 2. The number of hydrogen-bond acceptors (Lipinski definition) is 5. The normalized spacial score (nSPS) is 25.7. The van der Waals surface area contributed by atoms with Crippen LogP contribution in [0.3, 0.4) is 0 Å². The lowest BCUT2D eigenvalue weighted by atomic mass is 10.1. The first-order chi connectivity index (χ1) is 12.6. The molecule has 0 unspecified atom stereocenters. The highest BCUT2D eigenvalue weighted by Gasteiger charge is 2.41. The summed E-state index contributed by atoms with van der Waals surface area (Å²) in [4.78, 5) is 26.3. The van der Waals surface area contributed by atoms with Crippen LogP contribution in [-0.4, -0.2) is 65.5 Å². The van der Waals surface area contributed by atoms with Gasteiger partial charge in [0.15, 0.2) is 9.84 Å². The Morgan fingerprint density at radius 2 is 2.15 bits per heavy atom. The lowest BCUT2D eigenvalue weighted by molar-refractivity contribution is -0.130. The maximum absolute atomic E-state index is 12.5. The van der Waals surface area contributed by atoms with Gasteiger partial charge < -0.3 is 10.2 Å². The molecule has 0 aliphatic carbocycles. The van der Waals surface area contributed by atoms with Crippen LogP contribution in [0.5, 0.6) is 0 Å². The van der Waals surface area contributed by atoms with Crippen LogP contribution in [0.4, 0.5) is 0 Å². The number of likely N-dealkylation sites (tertiary alicyclic amines) is 1. The molecule has 0 saturated carbocycles. The summed E-state index contributed by atoms with van der Waals surface area (Å²) in [5.74, 6) is -0.295. The van der Waals surface area contributed by atoms with Crippen molar-refractivity contribution in [3.63, 3.8) is 0 Å². The summed E-state index contributed by atoms with van der Waals surface area (Å²) in [6.45, 7) is 7.56. The van der Waals surface area contributed by atoms with Crippen molar-refractivity contribution in [3.8, 4) is 0 Å². The van der Waals surface area contributed by atoms with Gasteiger partial charge in [-0.05, 0) is 32.3 Å². The monoisotopic (exact) mass is 396 g/mol. The van der Waals surface area contributed by atoms with Gasteiger partial charge in [0.1, 0.15) is 0 Å². The van der Waals surface area contributed by atoms with Crippen molar-refractivity contribution < 1.29 is 18.0 Å². The Kier molecular flexibility index (Phi) is 5.60. The van der Waals surface area contributed by atoms with E-state index in [0.29, 0.717) is 19.5 Å². The molecule has 2 aliphatic heterocycles. The second kappa shape index (κ2) is 7.61. The van der Waals surface area contributed by atoms with Gasteiger partial charge in [0.25, 0.3) is 0 Å². The van der Waals surface area contributed by atoms with Crippen molar-refractivity contribution in [3.05, 3.63) is 17.5 Å². The molecule has 2 fully saturated rings. The molecular formula is C18H28N4O4S. The fourth-order valence-electron chi connectivity index (χ4n) is 3.92. The molecule has 2 saturated heterocycles. The van der Waals surface area contributed by atoms with E-state index in [-0.39, 0.29) is 41.7 Å². The largest absolute Gasteiger partial charge is 0.355 e. The van der Waals surface area contributed by atoms with Gasteiger partial charge in [0.2, 0.25) is 11.8 Å². The van der Waals surface area contributed by atoms with E-state index < -0.39 is 15.8 Å². The maximum Gasteiger partial charge on any atom is 0.225 e. The highest BCUT2D eigenvalue weighted by molar-refractivity contribution is 7.91. The molecule has 3 heterocycles. The molecule has 0 bridgehead atoms. The summed E-state index contributed by atoms with van der Waals surface area (Å²) in [6.07, 6.45) is 0.635. The zero-order valence-electron chi connectivity index (χ0n) is 16.1. The minimum absolute atomic E-state index is 0.0206. The second-order valence-electron chi connectivity index (χ2n) is 7.96. The molecule has 2 aliphatic rings. The van der Waals surface area contributed by atoms with Crippen LogP contribution >= 0.6 is 0 Å². The Morgan fingerprint density at radius 1 is 1.41 bits per heavy atom. The molecule has 0 aromatic carbocycles. The van der Waals surface area contributed by atoms with Crippen molar-refractivity contribution >= 4 is 21.7 Å². The SMILES string of the molecule is Cc1cc(C)n(C[C@H](C)CNC(=O)[C@H]2CC(=O)N([C@@H]3CCS(=O)(=O)C3)C2)n1. The van der Waals surface area contributed by atoms with E-state index in [1.165, 1.54) is 0 Å². The van der Waals surface area contributed by atoms with Gasteiger partial charge in [-0.1, -0.05) is 6.92 Å². The van der Waals surface area contributed by atoms with Gasteiger partial charge in [-0.2, -0.15) is 5.10 Å². The molecule has 0 radical (unpaired) electrons. The summed E-state index contributed by atoms with van der Waals surface area (Å²) < 4.78 is 25.2. The van der Waals surface area contributed by atoms with Crippen molar-refractivity contribution in [2.24, 2.45) is 11.8 Å².